The minimum Gasteiger partial charge on any atom is -0.478 e. The van der Waals surface area contributed by atoms with Crippen molar-refractivity contribution in [2.45, 2.75) is 70.5 Å². The summed E-state index contributed by atoms with van der Waals surface area (Å²) in [6, 6.07) is 8.20. The van der Waals surface area contributed by atoms with Crippen molar-refractivity contribution in [3.63, 3.8) is 0 Å². The van der Waals surface area contributed by atoms with Gasteiger partial charge in [0.05, 0.1) is 11.1 Å². The van der Waals surface area contributed by atoms with Gasteiger partial charge in [-0.15, -0.1) is 0 Å². The number of carbonyl (C=O) groups excluding carboxylic acids is 1. The van der Waals surface area contributed by atoms with Crippen molar-refractivity contribution in [2.75, 3.05) is 46.3 Å². The van der Waals surface area contributed by atoms with Gasteiger partial charge in [0, 0.05) is 18.7 Å². The molecular weight excluding hydrogens is 614 g/mol. The zero-order chi connectivity index (χ0) is 33.5. The van der Waals surface area contributed by atoms with Crippen LogP contribution in [0.1, 0.15) is 68.2 Å². The van der Waals surface area contributed by atoms with E-state index in [-0.39, 0.29) is 17.5 Å². The van der Waals surface area contributed by atoms with E-state index in [1.165, 1.54) is 0 Å². The lowest BCUT2D eigenvalue weighted by Gasteiger charge is -2.30. The van der Waals surface area contributed by atoms with Gasteiger partial charge in [-0.1, -0.05) is 11.6 Å². The average molecular weight is 657 g/mol. The normalized spacial score (nSPS) is 18.0. The summed E-state index contributed by atoms with van der Waals surface area (Å²) in [7, 11) is 2.09. The molecule has 2 aromatic rings. The Morgan fingerprint density at radius 1 is 0.891 bits per heavy atom. The molecule has 254 valence electrons. The van der Waals surface area contributed by atoms with Gasteiger partial charge in [0.15, 0.2) is 5.60 Å². The highest BCUT2D eigenvalue weighted by molar-refractivity contribution is 6.01. The molecule has 2 saturated heterocycles. The summed E-state index contributed by atoms with van der Waals surface area (Å²) >= 11 is 0. The smallest absolute Gasteiger partial charge is 0.416 e. The van der Waals surface area contributed by atoms with Crippen molar-refractivity contribution in [1.29, 1.82) is 0 Å². The second-order valence-electron chi connectivity index (χ2n) is 12.7. The number of nitrogens with one attached hydrogen (secondary N) is 1. The predicted octanol–water partition coefficient (Wildman–Crippen LogP) is 6.75. The Balaban J connectivity index is 1.45. The molecule has 2 aliphatic rings. The molecule has 0 spiro atoms. The van der Waals surface area contributed by atoms with E-state index in [2.05, 4.69) is 27.3 Å². The maximum Gasteiger partial charge on any atom is 0.416 e. The molecular formula is C33H42F6N4O3. The lowest BCUT2D eigenvalue weighted by molar-refractivity contribution is -0.143. The number of rotatable bonds is 11. The van der Waals surface area contributed by atoms with Gasteiger partial charge in [-0.2, -0.15) is 26.3 Å². The number of likely N-dealkylation sites (tertiary alicyclic amines) is 2. The van der Waals surface area contributed by atoms with Crippen LogP contribution >= 0.6 is 0 Å². The van der Waals surface area contributed by atoms with Gasteiger partial charge in [-0.25, -0.2) is 0 Å². The number of halogens is 6. The maximum atomic E-state index is 13.3. The molecule has 0 unspecified atom stereocenters. The fourth-order valence-electron chi connectivity index (χ4n) is 5.56. The third-order valence-corrected chi connectivity index (χ3v) is 8.37. The number of hydrogen-bond donors (Lipinski definition) is 1. The second kappa shape index (κ2) is 15.1. The molecule has 0 saturated carbocycles. The van der Waals surface area contributed by atoms with Crippen LogP contribution < -0.4 is 10.1 Å². The monoisotopic (exact) mass is 656 g/mol. The molecule has 2 fully saturated rings. The van der Waals surface area contributed by atoms with Crippen molar-refractivity contribution in [3.8, 4) is 5.75 Å². The number of piperidine rings is 2. The van der Waals surface area contributed by atoms with Crippen molar-refractivity contribution in [2.24, 2.45) is 11.1 Å². The van der Waals surface area contributed by atoms with Crippen LogP contribution in [0.2, 0.25) is 0 Å². The van der Waals surface area contributed by atoms with Crippen LogP contribution in [0, 0.1) is 5.92 Å². The number of benzene rings is 2. The van der Waals surface area contributed by atoms with Crippen molar-refractivity contribution < 1.29 is 40.7 Å². The minimum absolute atomic E-state index is 0.0821. The summed E-state index contributed by atoms with van der Waals surface area (Å²) in [4.78, 5) is 22.8. The van der Waals surface area contributed by atoms with E-state index in [1.807, 2.05) is 0 Å². The number of nitrogens with zero attached hydrogens (tertiary/aromatic N) is 3. The van der Waals surface area contributed by atoms with Crippen molar-refractivity contribution in [3.05, 3.63) is 64.7 Å². The summed E-state index contributed by atoms with van der Waals surface area (Å²) in [5, 5.41) is 7.19. The number of carbonyl (C=O) groups is 1. The quantitative estimate of drug-likeness (QED) is 0.165. The van der Waals surface area contributed by atoms with E-state index < -0.39 is 35.7 Å². The standard InChI is InChI=1S/C33H42F6N4O3/c1-31(2,30(44)40-20-23-11-15-42(3)16-12-23)46-28-9-7-25(8-10-28)29(21-43-13-5-4-6-14-43)41-45-22-24-17-26(32(34,35)36)19-27(18-24)33(37,38)39/h7-10,17-19,23H,4-6,11-16,20-22H2,1-3H3,(H,40,44). The van der Waals surface area contributed by atoms with E-state index in [9.17, 15) is 31.1 Å². The van der Waals surface area contributed by atoms with Gasteiger partial charge in [0.2, 0.25) is 0 Å². The van der Waals surface area contributed by atoms with Crippen molar-refractivity contribution in [1.82, 2.24) is 15.1 Å². The molecule has 0 radical (unpaired) electrons. The van der Waals surface area contributed by atoms with Crippen LogP contribution in [0.5, 0.6) is 5.75 Å². The Morgan fingerprint density at radius 3 is 2.04 bits per heavy atom. The van der Waals surface area contributed by atoms with Crippen LogP contribution in [0.25, 0.3) is 0 Å². The highest BCUT2D eigenvalue weighted by atomic mass is 19.4. The second-order valence-corrected chi connectivity index (χ2v) is 12.7. The lowest BCUT2D eigenvalue weighted by Crippen LogP contribution is -2.48. The molecule has 4 rings (SSSR count). The molecule has 0 aromatic heterocycles. The highest BCUT2D eigenvalue weighted by Crippen LogP contribution is 2.36. The van der Waals surface area contributed by atoms with Gasteiger partial charge >= 0.3 is 12.4 Å². The number of oxime groups is 1. The Bertz CT molecular complexity index is 1300. The molecule has 1 N–H and O–H groups in total. The topological polar surface area (TPSA) is 66.4 Å². The first kappa shape index (κ1) is 35.5. The van der Waals surface area contributed by atoms with Crippen LogP contribution in [-0.2, 0) is 28.6 Å². The van der Waals surface area contributed by atoms with Crippen LogP contribution in [0.15, 0.2) is 47.6 Å². The fourth-order valence-corrected chi connectivity index (χ4v) is 5.56. The molecule has 7 nitrogen and oxygen atoms in total. The third kappa shape index (κ3) is 10.3. The first-order chi connectivity index (χ1) is 21.6. The van der Waals surface area contributed by atoms with Gasteiger partial charge in [0.1, 0.15) is 18.1 Å². The van der Waals surface area contributed by atoms with E-state index in [4.69, 9.17) is 9.57 Å². The molecule has 0 bridgehead atoms. The molecule has 0 aliphatic carbocycles. The zero-order valence-electron chi connectivity index (χ0n) is 26.4. The Kier molecular flexibility index (Phi) is 11.6. The Labute approximate surface area is 265 Å². The molecule has 13 heteroatoms. The summed E-state index contributed by atoms with van der Waals surface area (Å²) in [5.41, 5.74) is -3.15. The third-order valence-electron chi connectivity index (χ3n) is 8.37. The van der Waals surface area contributed by atoms with Crippen LogP contribution in [-0.4, -0.2) is 73.3 Å². The predicted molar refractivity (Wildman–Crippen MR) is 162 cm³/mol. The zero-order valence-corrected chi connectivity index (χ0v) is 26.4. The summed E-state index contributed by atoms with van der Waals surface area (Å²) in [6.45, 7) is 7.43. The first-order valence-electron chi connectivity index (χ1n) is 15.6. The number of alkyl halides is 6. The number of amides is 1. The Hall–Kier alpha value is -3.32. The molecule has 2 aromatic carbocycles. The summed E-state index contributed by atoms with van der Waals surface area (Å²) < 4.78 is 85.8. The van der Waals surface area contributed by atoms with E-state index >= 15 is 0 Å². The van der Waals surface area contributed by atoms with E-state index in [0.29, 0.717) is 48.2 Å². The Morgan fingerprint density at radius 2 is 1.48 bits per heavy atom. The fraction of sp³-hybridized carbons (Fsp3) is 0.576. The van der Waals surface area contributed by atoms with Gasteiger partial charge < -0.3 is 19.8 Å². The van der Waals surface area contributed by atoms with E-state index in [0.717, 1.165) is 58.3 Å². The molecule has 0 atom stereocenters. The molecule has 2 aliphatic heterocycles. The average Bonchev–Trinajstić information content (AvgIpc) is 3.00. The van der Waals surface area contributed by atoms with Gasteiger partial charge in [-0.05, 0) is 127 Å². The molecule has 2 heterocycles. The maximum absolute atomic E-state index is 13.3. The summed E-state index contributed by atoms with van der Waals surface area (Å²) in [6.07, 6.45) is -4.75. The minimum atomic E-state index is -4.95. The summed E-state index contributed by atoms with van der Waals surface area (Å²) in [5.74, 6) is 0.653. The number of ether oxygens (including phenoxy) is 1. The van der Waals surface area contributed by atoms with E-state index in [1.54, 1.807) is 38.1 Å². The van der Waals surface area contributed by atoms with Gasteiger partial charge in [-0.3, -0.25) is 9.69 Å². The first-order valence-corrected chi connectivity index (χ1v) is 15.6. The van der Waals surface area contributed by atoms with Crippen LogP contribution in [0.4, 0.5) is 26.3 Å². The highest BCUT2D eigenvalue weighted by Gasteiger charge is 2.37. The molecule has 1 amide bonds. The SMILES string of the molecule is CN1CCC(CNC(=O)C(C)(C)Oc2ccc(C(CN3CCCCC3)=NOCc3cc(C(F)(F)F)cc(C(F)(F)F)c3)cc2)CC1. The van der Waals surface area contributed by atoms with Crippen molar-refractivity contribution >= 4 is 11.6 Å². The largest absolute Gasteiger partial charge is 0.478 e. The molecule has 46 heavy (non-hydrogen) atoms. The number of hydrogen-bond acceptors (Lipinski definition) is 6. The van der Waals surface area contributed by atoms with Gasteiger partial charge in [0.25, 0.3) is 5.91 Å². The van der Waals surface area contributed by atoms with Crippen LogP contribution in [0.3, 0.4) is 0 Å². The lowest BCUT2D eigenvalue weighted by atomic mass is 9.97.